The first-order valence-corrected chi connectivity index (χ1v) is 11.8. The molecule has 31 heavy (non-hydrogen) atoms. The number of nitrogens with zero attached hydrogens (tertiary/aromatic N) is 2. The first-order valence-electron chi connectivity index (χ1n) is 10.6. The number of anilines is 1. The predicted molar refractivity (Wildman–Crippen MR) is 123 cm³/mol. The summed E-state index contributed by atoms with van der Waals surface area (Å²) >= 11 is 1.76. The smallest absolute Gasteiger partial charge is 0.321 e. The quantitative estimate of drug-likeness (QED) is 0.742. The monoisotopic (exact) mass is 440 g/mol. The summed E-state index contributed by atoms with van der Waals surface area (Å²) in [5.74, 6) is 3.36. The number of nitrogens with one attached hydrogen (secondary N) is 1. The zero-order valence-electron chi connectivity index (χ0n) is 17.4. The minimum Gasteiger partial charge on any atom is -0.457 e. The number of benzene rings is 2. The van der Waals surface area contributed by atoms with Gasteiger partial charge in [0, 0.05) is 31.1 Å². The van der Waals surface area contributed by atoms with Crippen molar-refractivity contribution in [1.29, 1.82) is 0 Å². The molecule has 164 valence electrons. The summed E-state index contributed by atoms with van der Waals surface area (Å²) in [7, 11) is 0. The van der Waals surface area contributed by atoms with Crippen molar-refractivity contribution in [2.24, 2.45) is 11.7 Å². The van der Waals surface area contributed by atoms with Crippen molar-refractivity contribution in [2.75, 3.05) is 36.6 Å². The van der Waals surface area contributed by atoms with E-state index in [1.165, 1.54) is 0 Å². The maximum atomic E-state index is 12.6. The number of hydrogen-bond donors (Lipinski definition) is 2. The molecule has 2 saturated heterocycles. The average molecular weight is 441 g/mol. The Kier molecular flexibility index (Phi) is 6.99. The van der Waals surface area contributed by atoms with E-state index in [0.29, 0.717) is 24.5 Å². The van der Waals surface area contributed by atoms with Gasteiger partial charge in [0.2, 0.25) is 5.91 Å². The second-order valence-corrected chi connectivity index (χ2v) is 8.93. The topological polar surface area (TPSA) is 87.9 Å². The molecule has 2 aromatic rings. The minimum atomic E-state index is -0.471. The van der Waals surface area contributed by atoms with Crippen molar-refractivity contribution in [1.82, 2.24) is 9.80 Å². The van der Waals surface area contributed by atoms with Gasteiger partial charge in [0.05, 0.1) is 11.9 Å². The molecule has 3 N–H and O–H groups in total. The van der Waals surface area contributed by atoms with Crippen LogP contribution in [0.25, 0.3) is 0 Å². The van der Waals surface area contributed by atoms with Gasteiger partial charge in [-0.2, -0.15) is 0 Å². The average Bonchev–Trinajstić information content (AvgIpc) is 3.35. The van der Waals surface area contributed by atoms with Crippen LogP contribution < -0.4 is 15.8 Å². The Hall–Kier alpha value is -2.71. The van der Waals surface area contributed by atoms with Crippen molar-refractivity contribution < 1.29 is 14.3 Å². The SMILES string of the molecule is NC(C(=O)N1CCSC1)C1CCN(C(=O)Nc2ccc(Oc3ccccc3)cc2)CC1. The van der Waals surface area contributed by atoms with Crippen molar-refractivity contribution in [3.8, 4) is 11.5 Å². The Morgan fingerprint density at radius 3 is 2.29 bits per heavy atom. The van der Waals surface area contributed by atoms with Gasteiger partial charge in [-0.15, -0.1) is 11.8 Å². The van der Waals surface area contributed by atoms with Gasteiger partial charge in [0.15, 0.2) is 0 Å². The molecule has 2 heterocycles. The van der Waals surface area contributed by atoms with Crippen LogP contribution in [0, 0.1) is 5.92 Å². The number of amides is 3. The molecule has 2 aromatic carbocycles. The highest BCUT2D eigenvalue weighted by Gasteiger charge is 2.33. The molecule has 2 fully saturated rings. The van der Waals surface area contributed by atoms with Crippen molar-refractivity contribution >= 4 is 29.4 Å². The third-order valence-electron chi connectivity index (χ3n) is 5.77. The number of para-hydroxylation sites is 1. The normalized spacial score (nSPS) is 18.0. The van der Waals surface area contributed by atoms with E-state index in [1.807, 2.05) is 59.5 Å². The molecule has 0 saturated carbocycles. The van der Waals surface area contributed by atoms with E-state index >= 15 is 0 Å². The molecule has 8 heteroatoms. The van der Waals surface area contributed by atoms with Gasteiger partial charge in [-0.3, -0.25) is 4.79 Å². The van der Waals surface area contributed by atoms with Gasteiger partial charge in [0.1, 0.15) is 11.5 Å². The van der Waals surface area contributed by atoms with Gasteiger partial charge in [0.25, 0.3) is 0 Å². The van der Waals surface area contributed by atoms with Crippen LogP contribution in [0.3, 0.4) is 0 Å². The summed E-state index contributed by atoms with van der Waals surface area (Å²) in [6.45, 7) is 1.98. The maximum absolute atomic E-state index is 12.6. The minimum absolute atomic E-state index is 0.0470. The summed E-state index contributed by atoms with van der Waals surface area (Å²) in [4.78, 5) is 28.8. The first-order chi connectivity index (χ1) is 15.1. The molecule has 7 nitrogen and oxygen atoms in total. The third-order valence-corrected chi connectivity index (χ3v) is 6.73. The number of likely N-dealkylation sites (tertiary alicyclic amines) is 1. The Morgan fingerprint density at radius 1 is 0.968 bits per heavy atom. The van der Waals surface area contributed by atoms with E-state index in [4.69, 9.17) is 10.5 Å². The second kappa shape index (κ2) is 10.1. The van der Waals surface area contributed by atoms with Crippen molar-refractivity contribution in [2.45, 2.75) is 18.9 Å². The second-order valence-electron chi connectivity index (χ2n) is 7.86. The van der Waals surface area contributed by atoms with Gasteiger partial charge < -0.3 is 25.6 Å². The fraction of sp³-hybridized carbons (Fsp3) is 0.391. The number of ether oxygens (including phenoxy) is 1. The highest BCUT2D eigenvalue weighted by molar-refractivity contribution is 7.99. The van der Waals surface area contributed by atoms with Crippen LogP contribution in [-0.2, 0) is 4.79 Å². The number of carbonyl (C=O) groups excluding carboxylic acids is 2. The molecule has 4 rings (SSSR count). The molecule has 0 spiro atoms. The first kappa shape index (κ1) is 21.5. The summed E-state index contributed by atoms with van der Waals surface area (Å²) in [5, 5.41) is 2.94. The van der Waals surface area contributed by atoms with E-state index in [0.717, 1.165) is 36.8 Å². The number of piperidine rings is 1. The molecule has 1 atom stereocenters. The van der Waals surface area contributed by atoms with Crippen LogP contribution >= 0.6 is 11.8 Å². The summed E-state index contributed by atoms with van der Waals surface area (Å²) in [6.07, 6.45) is 1.48. The number of nitrogens with two attached hydrogens (primary N) is 1. The van der Waals surface area contributed by atoms with Crippen LogP contribution in [-0.4, -0.2) is 59.0 Å². The molecular formula is C23H28N4O3S. The lowest BCUT2D eigenvalue weighted by molar-refractivity contribution is -0.132. The highest BCUT2D eigenvalue weighted by Crippen LogP contribution is 2.25. The lowest BCUT2D eigenvalue weighted by Crippen LogP contribution is -2.51. The molecule has 0 aromatic heterocycles. The molecule has 0 bridgehead atoms. The van der Waals surface area contributed by atoms with Crippen molar-refractivity contribution in [3.05, 3.63) is 54.6 Å². The molecule has 2 aliphatic heterocycles. The lowest BCUT2D eigenvalue weighted by Gasteiger charge is -2.35. The van der Waals surface area contributed by atoms with E-state index < -0.39 is 6.04 Å². The fourth-order valence-corrected chi connectivity index (χ4v) is 4.85. The van der Waals surface area contributed by atoms with Crippen molar-refractivity contribution in [3.63, 3.8) is 0 Å². The Labute approximate surface area is 186 Å². The molecule has 3 amide bonds. The molecule has 2 aliphatic rings. The maximum Gasteiger partial charge on any atom is 0.321 e. The zero-order valence-corrected chi connectivity index (χ0v) is 18.2. The predicted octanol–water partition coefficient (Wildman–Crippen LogP) is 3.58. The highest BCUT2D eigenvalue weighted by atomic mass is 32.2. The third kappa shape index (κ3) is 5.51. The van der Waals surface area contributed by atoms with Gasteiger partial charge >= 0.3 is 6.03 Å². The summed E-state index contributed by atoms with van der Waals surface area (Å²) < 4.78 is 5.78. The Bertz CT molecular complexity index is 879. The largest absolute Gasteiger partial charge is 0.457 e. The molecular weight excluding hydrogens is 412 g/mol. The summed E-state index contributed by atoms with van der Waals surface area (Å²) in [5.41, 5.74) is 6.97. The number of rotatable bonds is 5. The number of urea groups is 1. The van der Waals surface area contributed by atoms with Crippen LogP contribution in [0.4, 0.5) is 10.5 Å². The van der Waals surface area contributed by atoms with Crippen LogP contribution in [0.1, 0.15) is 12.8 Å². The van der Waals surface area contributed by atoms with Crippen LogP contribution in [0.5, 0.6) is 11.5 Å². The Balaban J connectivity index is 1.24. The summed E-state index contributed by atoms with van der Waals surface area (Å²) in [6, 6.07) is 16.3. The number of thioether (sulfide) groups is 1. The standard InChI is InChI=1S/C23H28N4O3S/c24-21(22(28)27-14-15-31-16-27)17-10-12-26(13-11-17)23(29)25-18-6-8-20(9-7-18)30-19-4-2-1-3-5-19/h1-9,17,21H,10-16,24H2,(H,25,29). The van der Waals surface area contributed by atoms with Crippen LogP contribution in [0.15, 0.2) is 54.6 Å². The zero-order chi connectivity index (χ0) is 21.6. The van der Waals surface area contributed by atoms with E-state index in [1.54, 1.807) is 16.7 Å². The van der Waals surface area contributed by atoms with Gasteiger partial charge in [-0.1, -0.05) is 18.2 Å². The molecule has 0 aliphatic carbocycles. The molecule has 0 radical (unpaired) electrons. The van der Waals surface area contributed by atoms with Gasteiger partial charge in [-0.25, -0.2) is 4.79 Å². The number of hydrogen-bond acceptors (Lipinski definition) is 5. The van der Waals surface area contributed by atoms with E-state index in [-0.39, 0.29) is 17.9 Å². The lowest BCUT2D eigenvalue weighted by atomic mass is 9.89. The van der Waals surface area contributed by atoms with E-state index in [9.17, 15) is 9.59 Å². The Morgan fingerprint density at radius 2 is 1.65 bits per heavy atom. The van der Waals surface area contributed by atoms with Crippen LogP contribution in [0.2, 0.25) is 0 Å². The molecule has 1 unspecified atom stereocenters. The fourth-order valence-electron chi connectivity index (χ4n) is 3.90. The van der Waals surface area contributed by atoms with E-state index in [2.05, 4.69) is 5.32 Å². The van der Waals surface area contributed by atoms with Gasteiger partial charge in [-0.05, 0) is 55.2 Å². The number of carbonyl (C=O) groups is 2.